The van der Waals surface area contributed by atoms with E-state index < -0.39 is 5.60 Å². The van der Waals surface area contributed by atoms with Crippen LogP contribution < -0.4 is 0 Å². The Kier molecular flexibility index (Phi) is 3.08. The molecule has 3 nitrogen and oxygen atoms in total. The lowest BCUT2D eigenvalue weighted by molar-refractivity contribution is 0.0780. The second-order valence-electron chi connectivity index (χ2n) is 5.79. The van der Waals surface area contributed by atoms with E-state index in [1.54, 1.807) is 6.92 Å². The maximum Gasteiger partial charge on any atom is 0.151 e. The van der Waals surface area contributed by atoms with Crippen LogP contribution in [0.3, 0.4) is 0 Å². The fourth-order valence-corrected chi connectivity index (χ4v) is 2.47. The van der Waals surface area contributed by atoms with Crippen LogP contribution in [-0.4, -0.2) is 5.60 Å². The Labute approximate surface area is 103 Å². The van der Waals surface area contributed by atoms with Crippen molar-refractivity contribution in [2.24, 2.45) is 5.41 Å². The summed E-state index contributed by atoms with van der Waals surface area (Å²) < 4.78 is 5.80. The van der Waals surface area contributed by atoms with Crippen LogP contribution in [0.5, 0.6) is 0 Å². The minimum absolute atomic E-state index is 0.161. The van der Waals surface area contributed by atoms with Gasteiger partial charge >= 0.3 is 0 Å². The van der Waals surface area contributed by atoms with E-state index in [1.807, 2.05) is 13.8 Å². The first-order chi connectivity index (χ1) is 7.65. The summed E-state index contributed by atoms with van der Waals surface area (Å²) in [6.07, 6.45) is 0. The predicted octanol–water partition coefficient (Wildman–Crippen LogP) is 3.46. The van der Waals surface area contributed by atoms with Crippen LogP contribution in [0.2, 0.25) is 0 Å². The van der Waals surface area contributed by atoms with Gasteiger partial charge in [-0.2, -0.15) is 10.5 Å². The first kappa shape index (κ1) is 13.3. The minimum Gasteiger partial charge on any atom is -0.481 e. The molecule has 0 atom stereocenters. The molecule has 0 spiro atoms. The predicted molar refractivity (Wildman–Crippen MR) is 65.6 cm³/mol. The van der Waals surface area contributed by atoms with Crippen molar-refractivity contribution < 1.29 is 4.74 Å². The Bertz CT molecular complexity index is 488. The second-order valence-corrected chi connectivity index (χ2v) is 5.79. The van der Waals surface area contributed by atoms with Crippen LogP contribution in [0.1, 0.15) is 41.5 Å². The molecule has 0 aromatic heterocycles. The highest BCUT2D eigenvalue weighted by molar-refractivity contribution is 5.55. The van der Waals surface area contributed by atoms with Gasteiger partial charge in [-0.25, -0.2) is 0 Å². The topological polar surface area (TPSA) is 56.8 Å². The summed E-state index contributed by atoms with van der Waals surface area (Å²) in [5, 5.41) is 18.3. The van der Waals surface area contributed by atoms with Gasteiger partial charge in [-0.15, -0.1) is 0 Å². The number of rotatable bonds is 0. The van der Waals surface area contributed by atoms with E-state index in [9.17, 15) is 5.26 Å². The van der Waals surface area contributed by atoms with E-state index in [0.29, 0.717) is 16.9 Å². The summed E-state index contributed by atoms with van der Waals surface area (Å²) in [6, 6.07) is 4.24. The number of hydrogen-bond acceptors (Lipinski definition) is 3. The van der Waals surface area contributed by atoms with Gasteiger partial charge in [-0.1, -0.05) is 20.8 Å². The maximum atomic E-state index is 9.32. The average Bonchev–Trinajstić information content (AvgIpc) is 2.47. The highest BCUT2D eigenvalue weighted by atomic mass is 16.5. The smallest absolute Gasteiger partial charge is 0.151 e. The third-order valence-electron chi connectivity index (χ3n) is 2.81. The Morgan fingerprint density at radius 1 is 1.24 bits per heavy atom. The zero-order valence-corrected chi connectivity index (χ0v) is 11.3. The largest absolute Gasteiger partial charge is 0.481 e. The lowest BCUT2D eigenvalue weighted by atomic mass is 9.76. The van der Waals surface area contributed by atoms with Crippen LogP contribution >= 0.6 is 0 Å². The number of hydrogen-bond donors (Lipinski definition) is 0. The van der Waals surface area contributed by atoms with Crippen molar-refractivity contribution in [3.63, 3.8) is 0 Å². The van der Waals surface area contributed by atoms with E-state index >= 15 is 0 Å². The fraction of sp³-hybridized carbons (Fsp3) is 0.571. The Balaban J connectivity index is 3.60. The lowest BCUT2D eigenvalue weighted by Gasteiger charge is -2.31. The molecule has 0 saturated heterocycles. The molecule has 0 aromatic rings. The van der Waals surface area contributed by atoms with Crippen molar-refractivity contribution in [2.45, 2.75) is 47.1 Å². The highest BCUT2D eigenvalue weighted by Gasteiger charge is 2.44. The van der Waals surface area contributed by atoms with Crippen molar-refractivity contribution in [1.29, 1.82) is 10.5 Å². The molecule has 1 aliphatic heterocycles. The molecule has 0 bridgehead atoms. The molecule has 0 aliphatic carbocycles. The first-order valence-electron chi connectivity index (χ1n) is 5.61. The monoisotopic (exact) mass is 230 g/mol. The minimum atomic E-state index is -0.531. The summed E-state index contributed by atoms with van der Waals surface area (Å²) in [4.78, 5) is 0. The molecule has 1 rings (SSSR count). The van der Waals surface area contributed by atoms with Gasteiger partial charge in [0.25, 0.3) is 0 Å². The SMILES string of the molecule is C/C(C#N)=C1/OC(C)(C)C(C(C)(C)C)=C1C#N. The Morgan fingerprint density at radius 2 is 1.76 bits per heavy atom. The molecule has 90 valence electrons. The van der Waals surface area contributed by atoms with E-state index in [2.05, 4.69) is 32.9 Å². The number of ether oxygens (including phenoxy) is 1. The zero-order chi connectivity index (χ0) is 13.4. The van der Waals surface area contributed by atoms with Gasteiger partial charge in [0.2, 0.25) is 0 Å². The van der Waals surface area contributed by atoms with E-state index in [0.717, 1.165) is 5.57 Å². The molecule has 17 heavy (non-hydrogen) atoms. The van der Waals surface area contributed by atoms with Crippen molar-refractivity contribution in [3.05, 3.63) is 22.5 Å². The molecule has 0 amide bonds. The van der Waals surface area contributed by atoms with Gasteiger partial charge in [0, 0.05) is 0 Å². The zero-order valence-electron chi connectivity index (χ0n) is 11.3. The standard InChI is InChI=1S/C14H18N2O/c1-9(7-15)11-10(8-16)12(13(2,3)4)14(5,6)17-11/h1-6H3/b11-9-. The molecule has 0 saturated carbocycles. The second kappa shape index (κ2) is 3.93. The van der Waals surface area contributed by atoms with Gasteiger partial charge in [-0.3, -0.25) is 0 Å². The molecule has 0 unspecified atom stereocenters. The molecule has 1 heterocycles. The quantitative estimate of drug-likeness (QED) is 0.599. The van der Waals surface area contributed by atoms with Gasteiger partial charge in [-0.05, 0) is 31.8 Å². The van der Waals surface area contributed by atoms with E-state index in [4.69, 9.17) is 10.00 Å². The third-order valence-corrected chi connectivity index (χ3v) is 2.81. The van der Waals surface area contributed by atoms with E-state index in [-0.39, 0.29) is 5.41 Å². The number of nitriles is 2. The van der Waals surface area contributed by atoms with Gasteiger partial charge in [0.05, 0.1) is 17.2 Å². The molecule has 0 N–H and O–H groups in total. The summed E-state index contributed by atoms with van der Waals surface area (Å²) in [7, 11) is 0. The molecule has 0 aromatic carbocycles. The fourth-order valence-electron chi connectivity index (χ4n) is 2.47. The van der Waals surface area contributed by atoms with Crippen LogP contribution in [0.4, 0.5) is 0 Å². The summed E-state index contributed by atoms with van der Waals surface area (Å²) in [5.74, 6) is 0.435. The normalized spacial score (nSPS) is 21.6. The molecule has 3 heteroatoms. The number of nitrogens with zero attached hydrogens (tertiary/aromatic N) is 2. The van der Waals surface area contributed by atoms with Crippen molar-refractivity contribution in [1.82, 2.24) is 0 Å². The van der Waals surface area contributed by atoms with Gasteiger partial charge < -0.3 is 4.74 Å². The number of allylic oxidation sites excluding steroid dienone is 2. The third kappa shape index (κ3) is 2.19. The molecule has 0 radical (unpaired) electrons. The Hall–Kier alpha value is -1.74. The molecular formula is C14H18N2O. The van der Waals surface area contributed by atoms with Crippen LogP contribution in [0.15, 0.2) is 22.5 Å². The van der Waals surface area contributed by atoms with Crippen LogP contribution in [-0.2, 0) is 4.74 Å². The molecule has 0 fully saturated rings. The van der Waals surface area contributed by atoms with Crippen molar-refractivity contribution >= 4 is 0 Å². The van der Waals surface area contributed by atoms with Crippen molar-refractivity contribution in [2.75, 3.05) is 0 Å². The van der Waals surface area contributed by atoms with Crippen LogP contribution in [0.25, 0.3) is 0 Å². The van der Waals surface area contributed by atoms with Crippen molar-refractivity contribution in [3.8, 4) is 12.1 Å². The molecular weight excluding hydrogens is 212 g/mol. The summed E-state index contributed by atoms with van der Waals surface area (Å²) in [5.41, 5.74) is 1.23. The maximum absolute atomic E-state index is 9.32. The van der Waals surface area contributed by atoms with E-state index in [1.165, 1.54) is 0 Å². The lowest BCUT2D eigenvalue weighted by Crippen LogP contribution is -2.29. The highest BCUT2D eigenvalue weighted by Crippen LogP contribution is 2.47. The summed E-state index contributed by atoms with van der Waals surface area (Å²) >= 11 is 0. The first-order valence-corrected chi connectivity index (χ1v) is 5.61. The average molecular weight is 230 g/mol. The van der Waals surface area contributed by atoms with Crippen LogP contribution in [0, 0.1) is 28.1 Å². The molecule has 1 aliphatic rings. The van der Waals surface area contributed by atoms with Gasteiger partial charge in [0.1, 0.15) is 11.7 Å². The summed E-state index contributed by atoms with van der Waals surface area (Å²) in [6.45, 7) is 11.7. The van der Waals surface area contributed by atoms with Gasteiger partial charge in [0.15, 0.2) is 5.76 Å². The Morgan fingerprint density at radius 3 is 2.12 bits per heavy atom.